The van der Waals surface area contributed by atoms with Gasteiger partial charge in [-0.25, -0.2) is 4.98 Å². The molecule has 1 aromatic heterocycles. The third-order valence-electron chi connectivity index (χ3n) is 5.64. The van der Waals surface area contributed by atoms with Crippen molar-refractivity contribution in [3.8, 4) is 11.5 Å². The van der Waals surface area contributed by atoms with Crippen molar-refractivity contribution in [2.24, 2.45) is 0 Å². The van der Waals surface area contributed by atoms with Gasteiger partial charge in [0.05, 0.1) is 19.8 Å². The average molecular weight is 491 g/mol. The summed E-state index contributed by atoms with van der Waals surface area (Å²) in [6.45, 7) is 4.59. The molecule has 8 nitrogen and oxygen atoms in total. The van der Waals surface area contributed by atoms with Gasteiger partial charge >= 0.3 is 5.97 Å². The van der Waals surface area contributed by atoms with Gasteiger partial charge < -0.3 is 24.3 Å². The number of hydrogen-bond acceptors (Lipinski definition) is 7. The van der Waals surface area contributed by atoms with Crippen molar-refractivity contribution in [2.45, 2.75) is 38.3 Å². The molecule has 3 rings (SSSR count). The topological polar surface area (TPSA) is 104 Å². The van der Waals surface area contributed by atoms with Gasteiger partial charge in [-0.1, -0.05) is 60.7 Å². The zero-order valence-electron chi connectivity index (χ0n) is 20.8. The Bertz CT molecular complexity index is 1150. The summed E-state index contributed by atoms with van der Waals surface area (Å²) in [5, 5.41) is 2.66. The van der Waals surface area contributed by atoms with E-state index in [1.807, 2.05) is 67.6 Å². The zero-order chi connectivity index (χ0) is 26.1. The molecule has 36 heavy (non-hydrogen) atoms. The van der Waals surface area contributed by atoms with Crippen LogP contribution in [0.25, 0.3) is 0 Å². The molecule has 0 fully saturated rings. The van der Waals surface area contributed by atoms with E-state index >= 15 is 0 Å². The number of carbonyl (C=O) groups is 3. The highest BCUT2D eigenvalue weighted by molar-refractivity contribution is 5.98. The average Bonchev–Trinajstić information content (AvgIpc) is 2.88. The number of aromatic nitrogens is 1. The van der Waals surface area contributed by atoms with Crippen LogP contribution < -0.4 is 14.8 Å². The highest BCUT2D eigenvalue weighted by atomic mass is 16.6. The fourth-order valence-corrected chi connectivity index (χ4v) is 3.87. The number of hydrogen-bond donors (Lipinski definition) is 1. The Balaban J connectivity index is 1.80. The van der Waals surface area contributed by atoms with Crippen LogP contribution in [0.1, 0.15) is 48.3 Å². The van der Waals surface area contributed by atoms with Crippen LogP contribution in [0.3, 0.4) is 0 Å². The van der Waals surface area contributed by atoms with E-state index in [1.165, 1.54) is 26.3 Å². The standard InChI is InChI=1S/C28H30N2O6/c1-19(24(21-11-7-5-8-12-21)22-13-9-6-10-14-22)35-18-28(3,17-31)30-27(33)25-26(36-20(2)32)23(34-4)15-16-29-25/h5-17,19,24H,18H2,1-4H3,(H,30,33)/t19-,28-/m0/s1. The molecule has 0 radical (unpaired) electrons. The van der Waals surface area contributed by atoms with Crippen molar-refractivity contribution in [3.05, 3.63) is 89.7 Å². The number of pyridine rings is 1. The second-order valence-corrected chi connectivity index (χ2v) is 8.59. The first-order valence-corrected chi connectivity index (χ1v) is 11.5. The fraction of sp³-hybridized carbons (Fsp3) is 0.286. The lowest BCUT2D eigenvalue weighted by molar-refractivity contribution is -0.132. The lowest BCUT2D eigenvalue weighted by Gasteiger charge is -2.30. The zero-order valence-corrected chi connectivity index (χ0v) is 20.8. The molecule has 1 amide bonds. The number of nitrogens with one attached hydrogen (secondary N) is 1. The number of amides is 1. The van der Waals surface area contributed by atoms with Crippen LogP contribution in [0, 0.1) is 0 Å². The van der Waals surface area contributed by atoms with Crippen molar-refractivity contribution in [1.29, 1.82) is 0 Å². The van der Waals surface area contributed by atoms with Gasteiger partial charge in [0.25, 0.3) is 5.91 Å². The number of nitrogens with zero attached hydrogens (tertiary/aromatic N) is 1. The number of ether oxygens (including phenoxy) is 3. The monoisotopic (exact) mass is 490 g/mol. The molecule has 0 unspecified atom stereocenters. The van der Waals surface area contributed by atoms with Crippen molar-refractivity contribution < 1.29 is 28.6 Å². The number of methoxy groups -OCH3 is 1. The number of esters is 1. The van der Waals surface area contributed by atoms with Crippen LogP contribution in [0.5, 0.6) is 11.5 Å². The SMILES string of the molecule is COc1ccnc(C(=O)N[C@@](C)(C=O)CO[C@@H](C)C(c2ccccc2)c2ccccc2)c1OC(C)=O. The van der Waals surface area contributed by atoms with Gasteiger partial charge in [-0.3, -0.25) is 9.59 Å². The van der Waals surface area contributed by atoms with Crippen molar-refractivity contribution in [1.82, 2.24) is 10.3 Å². The van der Waals surface area contributed by atoms with Gasteiger partial charge in [-0.2, -0.15) is 0 Å². The van der Waals surface area contributed by atoms with Crippen LogP contribution in [0.2, 0.25) is 0 Å². The number of rotatable bonds is 11. The van der Waals surface area contributed by atoms with E-state index in [0.29, 0.717) is 6.29 Å². The Hall–Kier alpha value is -4.04. The summed E-state index contributed by atoms with van der Waals surface area (Å²) in [6, 6.07) is 21.4. The van der Waals surface area contributed by atoms with Gasteiger partial charge in [0.15, 0.2) is 11.4 Å². The molecule has 0 aliphatic carbocycles. The first-order chi connectivity index (χ1) is 17.3. The van der Waals surface area contributed by atoms with E-state index in [0.717, 1.165) is 11.1 Å². The molecular formula is C28H30N2O6. The normalized spacial score (nSPS) is 13.4. The van der Waals surface area contributed by atoms with E-state index in [1.54, 1.807) is 6.92 Å². The molecular weight excluding hydrogens is 460 g/mol. The van der Waals surface area contributed by atoms with Gasteiger partial charge in [0, 0.05) is 25.1 Å². The molecule has 0 bridgehead atoms. The highest BCUT2D eigenvalue weighted by Gasteiger charge is 2.32. The molecule has 0 spiro atoms. The second-order valence-electron chi connectivity index (χ2n) is 8.59. The molecule has 0 saturated carbocycles. The highest BCUT2D eigenvalue weighted by Crippen LogP contribution is 2.31. The van der Waals surface area contributed by atoms with Gasteiger partial charge in [-0.05, 0) is 25.0 Å². The van der Waals surface area contributed by atoms with Crippen LogP contribution in [-0.4, -0.2) is 48.5 Å². The Labute approximate surface area is 210 Å². The molecule has 3 aromatic rings. The summed E-state index contributed by atoms with van der Waals surface area (Å²) in [5.74, 6) is -1.40. The van der Waals surface area contributed by atoms with E-state index < -0.39 is 17.4 Å². The summed E-state index contributed by atoms with van der Waals surface area (Å²) >= 11 is 0. The van der Waals surface area contributed by atoms with Crippen molar-refractivity contribution >= 4 is 18.2 Å². The smallest absolute Gasteiger partial charge is 0.308 e. The van der Waals surface area contributed by atoms with Gasteiger partial charge in [0.2, 0.25) is 5.75 Å². The Morgan fingerprint density at radius 3 is 2.11 bits per heavy atom. The molecule has 2 aromatic carbocycles. The third-order valence-corrected chi connectivity index (χ3v) is 5.64. The molecule has 1 N–H and O–H groups in total. The minimum absolute atomic E-state index is 0.0883. The molecule has 1 heterocycles. The first kappa shape index (κ1) is 26.6. The Morgan fingerprint density at radius 1 is 1.03 bits per heavy atom. The largest absolute Gasteiger partial charge is 0.493 e. The van der Waals surface area contributed by atoms with Crippen molar-refractivity contribution in [3.63, 3.8) is 0 Å². The van der Waals surface area contributed by atoms with Crippen LogP contribution in [0.15, 0.2) is 72.9 Å². The Morgan fingerprint density at radius 2 is 1.61 bits per heavy atom. The Kier molecular flexibility index (Phi) is 8.91. The summed E-state index contributed by atoms with van der Waals surface area (Å²) in [7, 11) is 1.38. The second kappa shape index (κ2) is 12.1. The number of carbonyl (C=O) groups excluding carboxylic acids is 3. The minimum atomic E-state index is -1.37. The lowest BCUT2D eigenvalue weighted by atomic mass is 9.87. The molecule has 8 heteroatoms. The first-order valence-electron chi connectivity index (χ1n) is 11.5. The summed E-state index contributed by atoms with van der Waals surface area (Å²) in [4.78, 5) is 40.7. The molecule has 0 saturated heterocycles. The van der Waals surface area contributed by atoms with E-state index in [2.05, 4.69) is 10.3 Å². The predicted molar refractivity (Wildman–Crippen MR) is 134 cm³/mol. The molecule has 0 aliphatic rings. The summed E-state index contributed by atoms with van der Waals surface area (Å²) < 4.78 is 16.5. The minimum Gasteiger partial charge on any atom is -0.493 e. The maximum Gasteiger partial charge on any atom is 0.308 e. The van der Waals surface area contributed by atoms with Crippen LogP contribution in [0.4, 0.5) is 0 Å². The van der Waals surface area contributed by atoms with Crippen LogP contribution >= 0.6 is 0 Å². The maximum atomic E-state index is 13.1. The molecule has 188 valence electrons. The van der Waals surface area contributed by atoms with Crippen molar-refractivity contribution in [2.75, 3.05) is 13.7 Å². The summed E-state index contributed by atoms with van der Waals surface area (Å²) in [5.41, 5.74) is 0.582. The fourth-order valence-electron chi connectivity index (χ4n) is 3.87. The van der Waals surface area contributed by atoms with Crippen LogP contribution in [-0.2, 0) is 14.3 Å². The molecule has 2 atom stereocenters. The number of aldehydes is 1. The number of benzene rings is 2. The molecule has 0 aliphatic heterocycles. The maximum absolute atomic E-state index is 13.1. The third kappa shape index (κ3) is 6.55. The van der Waals surface area contributed by atoms with Gasteiger partial charge in [0.1, 0.15) is 11.8 Å². The van der Waals surface area contributed by atoms with E-state index in [4.69, 9.17) is 14.2 Å². The van der Waals surface area contributed by atoms with E-state index in [9.17, 15) is 14.4 Å². The lowest BCUT2D eigenvalue weighted by Crippen LogP contribution is -2.52. The van der Waals surface area contributed by atoms with E-state index in [-0.39, 0.29) is 35.8 Å². The quantitative estimate of drug-likeness (QED) is 0.321. The predicted octanol–water partition coefficient (Wildman–Crippen LogP) is 3.94. The summed E-state index contributed by atoms with van der Waals surface area (Å²) in [6.07, 6.45) is 1.64. The van der Waals surface area contributed by atoms with Gasteiger partial charge in [-0.15, -0.1) is 0 Å².